The number of hydrogen-bond acceptors (Lipinski definition) is 6. The minimum atomic E-state index is -2.66. The van der Waals surface area contributed by atoms with E-state index >= 15 is 0 Å². The Morgan fingerprint density at radius 2 is 1.61 bits per heavy atom. The third-order valence-electron chi connectivity index (χ3n) is 6.50. The van der Waals surface area contributed by atoms with Crippen LogP contribution in [0.1, 0.15) is 33.6 Å². The quantitative estimate of drug-likeness (QED) is 0.203. The second kappa shape index (κ2) is 8.85. The maximum atomic E-state index is 12.8. The zero-order chi connectivity index (χ0) is 20.5. The molecule has 6 nitrogen and oxygen atoms in total. The summed E-state index contributed by atoms with van der Waals surface area (Å²) >= 11 is 0. The third-order valence-corrected chi connectivity index (χ3v) is 12.5. The normalized spacial score (nSPS) is 33.8. The summed E-state index contributed by atoms with van der Waals surface area (Å²) in [6.07, 6.45) is 2.41. The molecule has 3 fully saturated rings. The monoisotopic (exact) mass is 430 g/mol. The van der Waals surface area contributed by atoms with Gasteiger partial charge in [0.1, 0.15) is 0 Å². The molecule has 3 rings (SSSR count). The highest BCUT2D eigenvalue weighted by Gasteiger charge is 2.71. The van der Waals surface area contributed by atoms with Crippen LogP contribution in [0, 0.1) is 17.8 Å². The van der Waals surface area contributed by atoms with E-state index in [0.717, 1.165) is 6.42 Å². The molecular formula is C20H38O6Si2. The third kappa shape index (κ3) is 4.42. The molecule has 0 N–H and O–H groups in total. The molecule has 2 saturated carbocycles. The highest BCUT2D eigenvalue weighted by molar-refractivity contribution is 6.77. The molecule has 0 aromatic heterocycles. The molecule has 1 saturated heterocycles. The molecule has 3 aliphatic rings. The first-order valence-corrected chi connectivity index (χ1v) is 16.5. The molecule has 6 atom stereocenters. The Morgan fingerprint density at radius 3 is 2.11 bits per heavy atom. The summed E-state index contributed by atoms with van der Waals surface area (Å²) in [5.41, 5.74) is 0.697. The van der Waals surface area contributed by atoms with Gasteiger partial charge < -0.3 is 22.8 Å². The lowest BCUT2D eigenvalue weighted by Crippen LogP contribution is -2.46. The predicted molar refractivity (Wildman–Crippen MR) is 112 cm³/mol. The van der Waals surface area contributed by atoms with Crippen LogP contribution in [0.3, 0.4) is 0 Å². The van der Waals surface area contributed by atoms with E-state index in [1.54, 1.807) is 0 Å². The molecule has 2 bridgehead atoms. The summed E-state index contributed by atoms with van der Waals surface area (Å²) in [6.45, 7) is 15.3. The van der Waals surface area contributed by atoms with Crippen molar-refractivity contribution >= 4 is 22.8 Å². The van der Waals surface area contributed by atoms with Crippen LogP contribution in [-0.2, 0) is 27.5 Å². The van der Waals surface area contributed by atoms with E-state index in [1.165, 1.54) is 0 Å². The smallest absolute Gasteiger partial charge is 0.465 e. The first-order chi connectivity index (χ1) is 13.3. The van der Waals surface area contributed by atoms with Crippen LogP contribution >= 0.6 is 0 Å². The predicted octanol–water partition coefficient (Wildman–Crippen LogP) is 3.71. The van der Waals surface area contributed by atoms with Crippen molar-refractivity contribution in [3.8, 4) is 0 Å². The molecule has 8 heteroatoms. The zero-order valence-corrected chi connectivity index (χ0v) is 20.4. The summed E-state index contributed by atoms with van der Waals surface area (Å²) in [5, 5.41) is 0. The summed E-state index contributed by atoms with van der Waals surface area (Å²) in [5.74, 6) is 0.963. The molecule has 1 heterocycles. The second-order valence-electron chi connectivity index (χ2n) is 9.29. The standard InChI is InChI=1S/C20H38O6Si2/c1-7-23-28(24-8-2,25-9-3)12-10-11-22-20(21)14-13-15-17-18(26-17)16(14)19(15)27(4,5)6/h14-19H,7-13H2,1-6H3. The highest BCUT2D eigenvalue weighted by atomic mass is 28.4. The first kappa shape index (κ1) is 22.4. The molecule has 1 aliphatic heterocycles. The van der Waals surface area contributed by atoms with Gasteiger partial charge in [-0.2, -0.15) is 0 Å². The molecule has 0 aromatic carbocycles. The minimum absolute atomic E-state index is 0.0261. The number of hydrogen-bond donors (Lipinski definition) is 0. The van der Waals surface area contributed by atoms with Gasteiger partial charge in [0.2, 0.25) is 0 Å². The fraction of sp³-hybridized carbons (Fsp3) is 0.950. The van der Waals surface area contributed by atoms with Crippen molar-refractivity contribution in [3.63, 3.8) is 0 Å². The fourth-order valence-electron chi connectivity index (χ4n) is 5.74. The fourth-order valence-corrected chi connectivity index (χ4v) is 11.5. The minimum Gasteiger partial charge on any atom is -0.465 e. The Hall–Kier alpha value is -0.256. The van der Waals surface area contributed by atoms with Crippen LogP contribution in [0.15, 0.2) is 0 Å². The van der Waals surface area contributed by atoms with Gasteiger partial charge in [0, 0.05) is 39.9 Å². The van der Waals surface area contributed by atoms with Gasteiger partial charge in [-0.1, -0.05) is 19.6 Å². The SMILES string of the molecule is CCO[Si](CCCOC(=O)C1CC2C3OC3C1C2[Si](C)(C)C)(OCC)OCC. The molecule has 162 valence electrons. The van der Waals surface area contributed by atoms with Crippen LogP contribution in [0.25, 0.3) is 0 Å². The maximum Gasteiger partial charge on any atom is 0.501 e. The lowest BCUT2D eigenvalue weighted by molar-refractivity contribution is -0.150. The largest absolute Gasteiger partial charge is 0.501 e. The average Bonchev–Trinajstić information content (AvgIpc) is 3.24. The number of carbonyl (C=O) groups excluding carboxylic acids is 1. The van der Waals surface area contributed by atoms with Crippen molar-refractivity contribution in [3.05, 3.63) is 0 Å². The van der Waals surface area contributed by atoms with Gasteiger partial charge in [0.25, 0.3) is 0 Å². The summed E-state index contributed by atoms with van der Waals surface area (Å²) < 4.78 is 29.2. The van der Waals surface area contributed by atoms with Gasteiger partial charge in [0.15, 0.2) is 0 Å². The highest BCUT2D eigenvalue weighted by Crippen LogP contribution is 2.67. The van der Waals surface area contributed by atoms with E-state index in [9.17, 15) is 4.79 Å². The van der Waals surface area contributed by atoms with Crippen LogP contribution in [0.5, 0.6) is 0 Å². The maximum absolute atomic E-state index is 12.8. The van der Waals surface area contributed by atoms with Crippen molar-refractivity contribution in [2.24, 2.45) is 17.8 Å². The van der Waals surface area contributed by atoms with Crippen molar-refractivity contribution in [2.45, 2.75) is 77.0 Å². The molecule has 0 aromatic rings. The molecule has 28 heavy (non-hydrogen) atoms. The van der Waals surface area contributed by atoms with Crippen molar-refractivity contribution in [1.82, 2.24) is 0 Å². The summed E-state index contributed by atoms with van der Waals surface area (Å²) in [7, 11) is -3.97. The zero-order valence-electron chi connectivity index (χ0n) is 18.4. The van der Waals surface area contributed by atoms with E-state index in [0.29, 0.717) is 68.5 Å². The Morgan fingerprint density at radius 1 is 1.00 bits per heavy atom. The van der Waals surface area contributed by atoms with Gasteiger partial charge in [-0.15, -0.1) is 0 Å². The lowest BCUT2D eigenvalue weighted by Gasteiger charge is -2.31. The summed E-state index contributed by atoms with van der Waals surface area (Å²) in [6, 6.07) is 0.678. The lowest BCUT2D eigenvalue weighted by atomic mass is 9.89. The van der Waals surface area contributed by atoms with Crippen molar-refractivity contribution in [2.75, 3.05) is 26.4 Å². The number of ether oxygens (including phenoxy) is 2. The van der Waals surface area contributed by atoms with Crippen LogP contribution < -0.4 is 0 Å². The number of esters is 1. The average molecular weight is 431 g/mol. The molecule has 0 amide bonds. The van der Waals surface area contributed by atoms with E-state index in [1.807, 2.05) is 20.8 Å². The molecule has 2 aliphatic carbocycles. The van der Waals surface area contributed by atoms with Gasteiger partial charge in [-0.3, -0.25) is 4.79 Å². The van der Waals surface area contributed by atoms with Gasteiger partial charge in [-0.25, -0.2) is 0 Å². The number of carbonyl (C=O) groups is 1. The summed E-state index contributed by atoms with van der Waals surface area (Å²) in [4.78, 5) is 12.8. The number of epoxide rings is 1. The Balaban J connectivity index is 1.50. The van der Waals surface area contributed by atoms with Crippen molar-refractivity contribution < 1.29 is 27.5 Å². The topological polar surface area (TPSA) is 66.5 Å². The molecular weight excluding hydrogens is 392 g/mol. The number of fused-ring (bicyclic) bond motifs is 5. The second-order valence-corrected chi connectivity index (χ2v) is 17.4. The number of rotatable bonds is 12. The Bertz CT molecular complexity index is 534. The van der Waals surface area contributed by atoms with E-state index in [-0.39, 0.29) is 11.9 Å². The van der Waals surface area contributed by atoms with E-state index in [2.05, 4.69) is 19.6 Å². The van der Waals surface area contributed by atoms with Gasteiger partial charge in [0.05, 0.1) is 24.7 Å². The molecule has 0 radical (unpaired) electrons. The van der Waals surface area contributed by atoms with Crippen molar-refractivity contribution in [1.29, 1.82) is 0 Å². The van der Waals surface area contributed by atoms with Crippen LogP contribution in [0.2, 0.25) is 31.2 Å². The van der Waals surface area contributed by atoms with Crippen LogP contribution in [-0.4, -0.2) is 61.5 Å². The first-order valence-electron chi connectivity index (χ1n) is 11.0. The Kier molecular flexibility index (Phi) is 7.09. The van der Waals surface area contributed by atoms with Gasteiger partial charge in [-0.05, 0) is 45.1 Å². The molecule has 6 unspecified atom stereocenters. The van der Waals surface area contributed by atoms with Gasteiger partial charge >= 0.3 is 14.8 Å². The Labute approximate surface area is 172 Å². The van der Waals surface area contributed by atoms with Crippen LogP contribution in [0.4, 0.5) is 0 Å². The van der Waals surface area contributed by atoms with E-state index < -0.39 is 16.9 Å². The molecule has 0 spiro atoms. The van der Waals surface area contributed by atoms with E-state index in [4.69, 9.17) is 22.8 Å².